The van der Waals surface area contributed by atoms with Gasteiger partial charge in [-0.2, -0.15) is 10.4 Å². The van der Waals surface area contributed by atoms with E-state index in [9.17, 15) is 10.4 Å². The van der Waals surface area contributed by atoms with Crippen LogP contribution in [0.3, 0.4) is 0 Å². The minimum atomic E-state index is -0.741. The quantitative estimate of drug-likeness (QED) is 0.748. The number of aromatic nitrogens is 2. The number of benzene rings is 2. The number of fused-ring (bicyclic) bond motifs is 1. The van der Waals surface area contributed by atoms with E-state index in [0.29, 0.717) is 12.4 Å². The molecule has 6 nitrogen and oxygen atoms in total. The van der Waals surface area contributed by atoms with Gasteiger partial charge in [0.2, 0.25) is 11.8 Å². The highest BCUT2D eigenvalue weighted by Gasteiger charge is 2.40. The second kappa shape index (κ2) is 6.61. The van der Waals surface area contributed by atoms with E-state index in [4.69, 9.17) is 10.1 Å². The van der Waals surface area contributed by atoms with E-state index < -0.39 is 5.92 Å². The van der Waals surface area contributed by atoms with Gasteiger partial charge >= 0.3 is 0 Å². The number of aromatic hydroxyl groups is 1. The standard InChI is InChI=1S/C21H18N4O2/c1-13-18-19(15-7-9-16(26)10-8-15)17(11-22)20(23)27-21(18)25(24-13)12-14-5-3-2-4-6-14/h2-10,17,19,23,26H,12H2,1H3/t17-,19-/m1/s1. The van der Waals surface area contributed by atoms with E-state index in [1.165, 1.54) is 0 Å². The number of aryl methyl sites for hydroxylation is 1. The highest BCUT2D eigenvalue weighted by molar-refractivity contribution is 5.84. The molecule has 2 atom stereocenters. The fourth-order valence-corrected chi connectivity index (χ4v) is 3.56. The van der Waals surface area contributed by atoms with Crippen LogP contribution in [0, 0.1) is 29.6 Å². The minimum Gasteiger partial charge on any atom is -0.508 e. The second-order valence-corrected chi connectivity index (χ2v) is 6.59. The second-order valence-electron chi connectivity index (χ2n) is 6.59. The Kier molecular flexibility index (Phi) is 4.13. The normalized spacial score (nSPS) is 18.4. The smallest absolute Gasteiger partial charge is 0.224 e. The minimum absolute atomic E-state index is 0.0858. The van der Waals surface area contributed by atoms with E-state index in [0.717, 1.165) is 22.4 Å². The van der Waals surface area contributed by atoms with E-state index in [2.05, 4.69) is 11.2 Å². The monoisotopic (exact) mass is 358 g/mol. The first-order valence-corrected chi connectivity index (χ1v) is 8.64. The molecule has 2 heterocycles. The first-order chi connectivity index (χ1) is 13.1. The molecule has 1 aromatic heterocycles. The lowest BCUT2D eigenvalue weighted by molar-refractivity contribution is 0.406. The molecule has 134 valence electrons. The Morgan fingerprint density at radius 3 is 2.56 bits per heavy atom. The van der Waals surface area contributed by atoms with Crippen LogP contribution in [-0.2, 0) is 6.54 Å². The van der Waals surface area contributed by atoms with Gasteiger partial charge in [0.1, 0.15) is 11.7 Å². The fourth-order valence-electron chi connectivity index (χ4n) is 3.56. The van der Waals surface area contributed by atoms with Crippen LogP contribution in [0.2, 0.25) is 0 Å². The molecule has 0 unspecified atom stereocenters. The molecule has 2 aromatic carbocycles. The summed E-state index contributed by atoms with van der Waals surface area (Å²) in [7, 11) is 0. The largest absolute Gasteiger partial charge is 0.508 e. The highest BCUT2D eigenvalue weighted by Crippen LogP contribution is 2.44. The summed E-state index contributed by atoms with van der Waals surface area (Å²) in [6.07, 6.45) is 0. The summed E-state index contributed by atoms with van der Waals surface area (Å²) < 4.78 is 7.49. The molecular weight excluding hydrogens is 340 g/mol. The zero-order valence-electron chi connectivity index (χ0n) is 14.8. The lowest BCUT2D eigenvalue weighted by Gasteiger charge is -2.28. The van der Waals surface area contributed by atoms with Crippen molar-refractivity contribution in [1.82, 2.24) is 9.78 Å². The van der Waals surface area contributed by atoms with Gasteiger partial charge in [-0.3, -0.25) is 5.41 Å². The summed E-state index contributed by atoms with van der Waals surface area (Å²) in [6.45, 7) is 2.41. The van der Waals surface area contributed by atoms with Crippen molar-refractivity contribution in [3.05, 3.63) is 77.0 Å². The Balaban J connectivity index is 1.83. The van der Waals surface area contributed by atoms with Crippen LogP contribution >= 0.6 is 0 Å². The van der Waals surface area contributed by atoms with Crippen molar-refractivity contribution >= 4 is 5.90 Å². The highest BCUT2D eigenvalue weighted by atomic mass is 16.5. The van der Waals surface area contributed by atoms with Gasteiger partial charge in [-0.15, -0.1) is 0 Å². The molecule has 0 saturated carbocycles. The van der Waals surface area contributed by atoms with Gasteiger partial charge in [0.25, 0.3) is 0 Å². The van der Waals surface area contributed by atoms with Crippen molar-refractivity contribution in [1.29, 1.82) is 10.7 Å². The van der Waals surface area contributed by atoms with Gasteiger partial charge in [-0.1, -0.05) is 42.5 Å². The maximum Gasteiger partial charge on any atom is 0.224 e. The molecule has 0 spiro atoms. The van der Waals surface area contributed by atoms with Gasteiger partial charge in [-0.25, -0.2) is 4.68 Å². The SMILES string of the molecule is Cc1nn(Cc2ccccc2)c2c1[C@H](c1ccc(O)cc1)[C@@H](C#N)C(=N)O2. The number of rotatable bonds is 3. The Bertz CT molecular complexity index is 1030. The van der Waals surface area contributed by atoms with Crippen molar-refractivity contribution in [2.75, 3.05) is 0 Å². The third-order valence-electron chi connectivity index (χ3n) is 4.83. The van der Waals surface area contributed by atoms with Gasteiger partial charge in [0, 0.05) is 11.5 Å². The van der Waals surface area contributed by atoms with E-state index in [-0.39, 0.29) is 17.6 Å². The number of ether oxygens (including phenoxy) is 1. The zero-order chi connectivity index (χ0) is 19.0. The average molecular weight is 358 g/mol. The summed E-state index contributed by atoms with van der Waals surface area (Å²) in [5, 5.41) is 32.1. The number of nitrogens with one attached hydrogen (secondary N) is 1. The number of phenols is 1. The Morgan fingerprint density at radius 2 is 1.89 bits per heavy atom. The maximum absolute atomic E-state index is 9.66. The maximum atomic E-state index is 9.66. The third-order valence-corrected chi connectivity index (χ3v) is 4.83. The molecule has 4 rings (SSSR count). The van der Waals surface area contributed by atoms with Crippen molar-refractivity contribution < 1.29 is 9.84 Å². The molecule has 27 heavy (non-hydrogen) atoms. The molecule has 1 aliphatic heterocycles. The van der Waals surface area contributed by atoms with Crippen molar-refractivity contribution in [2.45, 2.75) is 19.4 Å². The first-order valence-electron chi connectivity index (χ1n) is 8.64. The number of nitriles is 1. The predicted octanol–water partition coefficient (Wildman–Crippen LogP) is 3.59. The van der Waals surface area contributed by atoms with Crippen LogP contribution in [0.5, 0.6) is 11.6 Å². The van der Waals surface area contributed by atoms with E-state index >= 15 is 0 Å². The molecule has 0 aliphatic carbocycles. The number of hydrogen-bond donors (Lipinski definition) is 2. The summed E-state index contributed by atoms with van der Waals surface area (Å²) in [6, 6.07) is 18.8. The zero-order valence-corrected chi connectivity index (χ0v) is 14.8. The van der Waals surface area contributed by atoms with Crippen LogP contribution in [0.4, 0.5) is 0 Å². The number of hydrogen-bond acceptors (Lipinski definition) is 5. The van der Waals surface area contributed by atoms with Crippen LogP contribution in [0.25, 0.3) is 0 Å². The van der Waals surface area contributed by atoms with Gasteiger partial charge in [0.05, 0.1) is 18.3 Å². The molecule has 0 fully saturated rings. The summed E-state index contributed by atoms with van der Waals surface area (Å²) in [5.74, 6) is -0.527. The molecule has 2 N–H and O–H groups in total. The Labute approximate surface area is 156 Å². The van der Waals surface area contributed by atoms with Gasteiger partial charge in [-0.05, 0) is 30.2 Å². The lowest BCUT2D eigenvalue weighted by atomic mass is 9.79. The molecule has 1 aliphatic rings. The Hall–Kier alpha value is -3.59. The van der Waals surface area contributed by atoms with Crippen LogP contribution in [0.1, 0.15) is 28.3 Å². The molecule has 0 amide bonds. The van der Waals surface area contributed by atoms with E-state index in [1.807, 2.05) is 37.3 Å². The predicted molar refractivity (Wildman–Crippen MR) is 99.9 cm³/mol. The molecule has 6 heteroatoms. The van der Waals surface area contributed by atoms with Gasteiger partial charge in [0.15, 0.2) is 0 Å². The van der Waals surface area contributed by atoms with E-state index in [1.54, 1.807) is 28.9 Å². The lowest BCUT2D eigenvalue weighted by Crippen LogP contribution is -2.31. The van der Waals surface area contributed by atoms with Crippen LogP contribution in [0.15, 0.2) is 54.6 Å². The van der Waals surface area contributed by atoms with Crippen molar-refractivity contribution in [2.24, 2.45) is 5.92 Å². The van der Waals surface area contributed by atoms with Crippen LogP contribution < -0.4 is 4.74 Å². The molecule has 0 radical (unpaired) electrons. The molecule has 0 bridgehead atoms. The first kappa shape index (κ1) is 16.9. The van der Waals surface area contributed by atoms with Crippen LogP contribution in [-0.4, -0.2) is 20.8 Å². The molecular formula is C21H18N4O2. The molecule has 0 saturated heterocycles. The summed E-state index contributed by atoms with van der Waals surface area (Å²) in [4.78, 5) is 0. The Morgan fingerprint density at radius 1 is 1.19 bits per heavy atom. The van der Waals surface area contributed by atoms with Gasteiger partial charge < -0.3 is 9.84 Å². The molecule has 3 aromatic rings. The summed E-state index contributed by atoms with van der Waals surface area (Å²) >= 11 is 0. The van der Waals surface area contributed by atoms with Crippen molar-refractivity contribution in [3.63, 3.8) is 0 Å². The fraction of sp³-hybridized carbons (Fsp3) is 0.190. The van der Waals surface area contributed by atoms with Crippen molar-refractivity contribution in [3.8, 4) is 17.7 Å². The number of phenolic OH excluding ortho intramolecular Hbond substituents is 1. The summed E-state index contributed by atoms with van der Waals surface area (Å²) in [5.41, 5.74) is 3.50. The topological polar surface area (TPSA) is 94.9 Å². The average Bonchev–Trinajstić information content (AvgIpc) is 2.97. The number of nitrogens with zero attached hydrogens (tertiary/aromatic N) is 3. The third kappa shape index (κ3) is 2.93.